The van der Waals surface area contributed by atoms with Gasteiger partial charge < -0.3 is 16.0 Å². The van der Waals surface area contributed by atoms with Crippen molar-refractivity contribution in [3.05, 3.63) is 47.6 Å². The molecule has 0 fully saturated rings. The molecule has 2 amide bonds. The molecule has 6 nitrogen and oxygen atoms in total. The summed E-state index contributed by atoms with van der Waals surface area (Å²) in [5.74, 6) is -1.09. The Morgan fingerprint density at radius 2 is 1.92 bits per heavy atom. The lowest BCUT2D eigenvalue weighted by atomic mass is 10.1. The second-order valence-electron chi connectivity index (χ2n) is 5.56. The topological polar surface area (TPSA) is 94.4 Å². The van der Waals surface area contributed by atoms with Crippen molar-refractivity contribution in [3.63, 3.8) is 0 Å². The van der Waals surface area contributed by atoms with Crippen molar-refractivity contribution >= 4 is 35.1 Å². The second-order valence-corrected chi connectivity index (χ2v) is 5.56. The quantitative estimate of drug-likeness (QED) is 0.385. The molecule has 0 saturated heterocycles. The molecule has 0 aromatic heterocycles. The molecule has 3 N–H and O–H groups in total. The molecule has 0 aliphatic carbocycles. The van der Waals surface area contributed by atoms with Gasteiger partial charge in [0.1, 0.15) is 5.57 Å². The maximum atomic E-state index is 12.3. The highest BCUT2D eigenvalue weighted by atomic mass is 16.2. The summed E-state index contributed by atoms with van der Waals surface area (Å²) >= 11 is 0. The van der Waals surface area contributed by atoms with E-state index in [1.54, 1.807) is 25.1 Å². The van der Waals surface area contributed by atoms with E-state index in [9.17, 15) is 9.59 Å². The Kier molecular flexibility index (Phi) is 6.39. The minimum atomic E-state index is -0.591. The zero-order valence-electron chi connectivity index (χ0n) is 14.4. The first-order chi connectivity index (χ1) is 12.1. The highest BCUT2D eigenvalue weighted by Gasteiger charge is 2.25. The van der Waals surface area contributed by atoms with Gasteiger partial charge >= 0.3 is 0 Å². The van der Waals surface area contributed by atoms with Crippen molar-refractivity contribution in [2.45, 2.75) is 26.7 Å². The van der Waals surface area contributed by atoms with Crippen LogP contribution in [0.1, 0.15) is 26.7 Å². The van der Waals surface area contributed by atoms with Gasteiger partial charge in [-0.25, -0.2) is 4.99 Å². The Morgan fingerprint density at radius 1 is 1.24 bits per heavy atom. The lowest BCUT2D eigenvalue weighted by Gasteiger charge is -2.08. The average Bonchev–Trinajstić information content (AvgIpc) is 2.99. The molecule has 0 radical (unpaired) electrons. The monoisotopic (exact) mass is 338 g/mol. The fourth-order valence-corrected chi connectivity index (χ4v) is 2.30. The number of nitrogens with one attached hydrogen (secondary N) is 3. The molecule has 130 valence electrons. The van der Waals surface area contributed by atoms with Crippen molar-refractivity contribution < 1.29 is 9.59 Å². The van der Waals surface area contributed by atoms with Crippen LogP contribution in [0.3, 0.4) is 0 Å². The summed E-state index contributed by atoms with van der Waals surface area (Å²) in [4.78, 5) is 28.0. The lowest BCUT2D eigenvalue weighted by molar-refractivity contribution is -0.119. The van der Waals surface area contributed by atoms with Gasteiger partial charge in [0.15, 0.2) is 0 Å². The van der Waals surface area contributed by atoms with Crippen molar-refractivity contribution in [1.82, 2.24) is 0 Å². The SMILES string of the molecule is C/C=C(\C=N)C1=NC(=O)C(C(=O)Nc2ccc(NCCCC)cc2)=C1. The first-order valence-electron chi connectivity index (χ1n) is 8.26. The van der Waals surface area contributed by atoms with Crippen LogP contribution in [0.2, 0.25) is 0 Å². The molecular weight excluding hydrogens is 316 g/mol. The zero-order chi connectivity index (χ0) is 18.2. The Balaban J connectivity index is 2.01. The van der Waals surface area contributed by atoms with Crippen LogP contribution in [0.15, 0.2) is 52.6 Å². The van der Waals surface area contributed by atoms with Gasteiger partial charge in [-0.1, -0.05) is 19.4 Å². The van der Waals surface area contributed by atoms with E-state index in [0.29, 0.717) is 17.0 Å². The smallest absolute Gasteiger partial charge is 0.283 e. The third kappa shape index (κ3) is 4.73. The third-order valence-electron chi connectivity index (χ3n) is 3.74. The van der Waals surface area contributed by atoms with E-state index in [1.807, 2.05) is 12.1 Å². The molecule has 0 unspecified atom stereocenters. The van der Waals surface area contributed by atoms with Crippen LogP contribution in [0.4, 0.5) is 11.4 Å². The van der Waals surface area contributed by atoms with Crippen LogP contribution >= 0.6 is 0 Å². The van der Waals surface area contributed by atoms with Gasteiger partial charge in [-0.05, 0) is 43.7 Å². The van der Waals surface area contributed by atoms with Gasteiger partial charge in [0, 0.05) is 29.7 Å². The van der Waals surface area contributed by atoms with Gasteiger partial charge in [-0.3, -0.25) is 9.59 Å². The summed E-state index contributed by atoms with van der Waals surface area (Å²) < 4.78 is 0. The summed E-state index contributed by atoms with van der Waals surface area (Å²) in [7, 11) is 0. The number of benzene rings is 1. The number of aliphatic imine (C=N–C) groups is 1. The van der Waals surface area contributed by atoms with Gasteiger partial charge in [0.05, 0.1) is 5.71 Å². The molecule has 0 saturated carbocycles. The van der Waals surface area contributed by atoms with Crippen LogP contribution in [0.25, 0.3) is 0 Å². The summed E-state index contributed by atoms with van der Waals surface area (Å²) in [5.41, 5.74) is 2.39. The van der Waals surface area contributed by atoms with Crippen LogP contribution in [-0.4, -0.2) is 30.3 Å². The number of hydrogen-bond donors (Lipinski definition) is 3. The predicted octanol–water partition coefficient (Wildman–Crippen LogP) is 3.34. The molecule has 1 aliphatic rings. The standard InChI is InChI=1S/C19H22N4O2/c1-3-5-10-21-14-6-8-15(9-7-14)22-18(24)16-11-17(23-19(16)25)13(4-2)12-20/h4,6-9,11-12,20-21H,3,5,10H2,1-2H3,(H,22,24)/b13-4+,20-12?. The second kappa shape index (κ2) is 8.73. The maximum Gasteiger partial charge on any atom is 0.283 e. The number of hydrogen-bond acceptors (Lipinski definition) is 4. The minimum Gasteiger partial charge on any atom is -0.385 e. The van der Waals surface area contributed by atoms with Crippen molar-refractivity contribution in [3.8, 4) is 0 Å². The number of rotatable bonds is 8. The number of amides is 2. The van der Waals surface area contributed by atoms with Crippen molar-refractivity contribution in [1.29, 1.82) is 5.41 Å². The Labute approximate surface area is 147 Å². The fraction of sp³-hybridized carbons (Fsp3) is 0.263. The number of nitrogens with zero attached hydrogens (tertiary/aromatic N) is 1. The molecule has 1 aliphatic heterocycles. The third-order valence-corrected chi connectivity index (χ3v) is 3.74. The number of carbonyl (C=O) groups excluding carboxylic acids is 2. The Morgan fingerprint density at radius 3 is 2.52 bits per heavy atom. The average molecular weight is 338 g/mol. The Hall–Kier alpha value is -3.02. The summed E-state index contributed by atoms with van der Waals surface area (Å²) in [6.45, 7) is 4.79. The number of anilines is 2. The molecule has 1 heterocycles. The minimum absolute atomic E-state index is 0.0265. The van der Waals surface area contributed by atoms with E-state index in [0.717, 1.165) is 31.3 Å². The van der Waals surface area contributed by atoms with E-state index in [4.69, 9.17) is 5.41 Å². The fourth-order valence-electron chi connectivity index (χ4n) is 2.30. The van der Waals surface area contributed by atoms with Gasteiger partial charge in [0.2, 0.25) is 0 Å². The predicted molar refractivity (Wildman–Crippen MR) is 102 cm³/mol. The number of allylic oxidation sites excluding steroid dienone is 3. The zero-order valence-corrected chi connectivity index (χ0v) is 14.4. The largest absolute Gasteiger partial charge is 0.385 e. The van der Waals surface area contributed by atoms with Crippen molar-refractivity contribution in [2.75, 3.05) is 17.2 Å². The van der Waals surface area contributed by atoms with E-state index < -0.39 is 11.8 Å². The lowest BCUT2D eigenvalue weighted by Crippen LogP contribution is -2.17. The van der Waals surface area contributed by atoms with Gasteiger partial charge in [-0.2, -0.15) is 0 Å². The number of unbranched alkanes of at least 4 members (excludes halogenated alkanes) is 1. The van der Waals surface area contributed by atoms with Crippen LogP contribution in [-0.2, 0) is 9.59 Å². The molecule has 0 bridgehead atoms. The highest BCUT2D eigenvalue weighted by molar-refractivity contribution is 6.37. The van der Waals surface area contributed by atoms with Gasteiger partial charge in [0.25, 0.3) is 11.8 Å². The molecule has 6 heteroatoms. The molecule has 0 atom stereocenters. The molecule has 1 aromatic carbocycles. The van der Waals surface area contributed by atoms with E-state index in [1.165, 1.54) is 6.08 Å². The van der Waals surface area contributed by atoms with Crippen LogP contribution in [0.5, 0.6) is 0 Å². The van der Waals surface area contributed by atoms with E-state index in [-0.39, 0.29) is 5.57 Å². The van der Waals surface area contributed by atoms with E-state index in [2.05, 4.69) is 22.5 Å². The van der Waals surface area contributed by atoms with Crippen LogP contribution in [0, 0.1) is 5.41 Å². The summed E-state index contributed by atoms with van der Waals surface area (Å²) in [5, 5.41) is 13.3. The first kappa shape index (κ1) is 18.3. The summed E-state index contributed by atoms with van der Waals surface area (Å²) in [6, 6.07) is 7.32. The molecular formula is C19H22N4O2. The van der Waals surface area contributed by atoms with Gasteiger partial charge in [-0.15, -0.1) is 0 Å². The normalized spacial score (nSPS) is 14.0. The molecule has 2 rings (SSSR count). The summed E-state index contributed by atoms with van der Waals surface area (Å²) in [6.07, 6.45) is 6.41. The maximum absolute atomic E-state index is 12.3. The number of carbonyl (C=O) groups is 2. The first-order valence-corrected chi connectivity index (χ1v) is 8.26. The van der Waals surface area contributed by atoms with E-state index >= 15 is 0 Å². The van der Waals surface area contributed by atoms with Crippen LogP contribution < -0.4 is 10.6 Å². The molecule has 25 heavy (non-hydrogen) atoms. The highest BCUT2D eigenvalue weighted by Crippen LogP contribution is 2.17. The Bertz CT molecular complexity index is 758. The molecule has 0 spiro atoms. The van der Waals surface area contributed by atoms with Crippen molar-refractivity contribution in [2.24, 2.45) is 4.99 Å². The molecule has 1 aromatic rings.